The third-order valence-electron chi connectivity index (χ3n) is 5.71. The fraction of sp³-hybridized carbons (Fsp3) is 0.348. The van der Waals surface area contributed by atoms with E-state index in [4.69, 9.17) is 9.47 Å². The molecule has 3 heterocycles. The Labute approximate surface area is 180 Å². The lowest BCUT2D eigenvalue weighted by molar-refractivity contribution is 0.0704. The Balaban J connectivity index is 1.54. The van der Waals surface area contributed by atoms with Crippen molar-refractivity contribution in [1.82, 2.24) is 19.0 Å². The van der Waals surface area contributed by atoms with Crippen molar-refractivity contribution in [2.45, 2.75) is 33.0 Å². The quantitative estimate of drug-likeness (QED) is 0.609. The number of pyridine rings is 1. The Kier molecular flexibility index (Phi) is 5.79. The van der Waals surface area contributed by atoms with Gasteiger partial charge in [0, 0.05) is 38.2 Å². The van der Waals surface area contributed by atoms with Crippen molar-refractivity contribution in [2.24, 2.45) is 0 Å². The highest BCUT2D eigenvalue weighted by atomic mass is 16.5. The number of amides is 1. The molecule has 162 valence electrons. The Morgan fingerprint density at radius 3 is 2.68 bits per heavy atom. The fourth-order valence-electron chi connectivity index (χ4n) is 3.89. The Morgan fingerprint density at radius 1 is 1.10 bits per heavy atom. The van der Waals surface area contributed by atoms with Gasteiger partial charge in [-0.2, -0.15) is 0 Å². The summed E-state index contributed by atoms with van der Waals surface area (Å²) in [4.78, 5) is 32.4. The van der Waals surface area contributed by atoms with Crippen molar-refractivity contribution >= 4 is 5.91 Å². The largest absolute Gasteiger partial charge is 0.493 e. The van der Waals surface area contributed by atoms with Crippen molar-refractivity contribution in [1.29, 1.82) is 0 Å². The zero-order valence-corrected chi connectivity index (χ0v) is 18.0. The molecule has 0 bridgehead atoms. The number of imidazole rings is 1. The van der Waals surface area contributed by atoms with Crippen LogP contribution in [-0.2, 0) is 26.1 Å². The summed E-state index contributed by atoms with van der Waals surface area (Å²) in [7, 11) is 3.19. The molecule has 0 atom stereocenters. The molecule has 2 aromatic heterocycles. The van der Waals surface area contributed by atoms with Gasteiger partial charge in [0.05, 0.1) is 20.8 Å². The van der Waals surface area contributed by atoms with Gasteiger partial charge in [-0.15, -0.1) is 0 Å². The summed E-state index contributed by atoms with van der Waals surface area (Å²) in [6.07, 6.45) is 6.01. The molecule has 0 aliphatic carbocycles. The van der Waals surface area contributed by atoms with Crippen LogP contribution in [-0.4, -0.2) is 45.7 Å². The van der Waals surface area contributed by atoms with Crippen molar-refractivity contribution in [2.75, 3.05) is 20.8 Å². The molecule has 8 nitrogen and oxygen atoms in total. The number of ether oxygens (including phenoxy) is 2. The number of methoxy groups -OCH3 is 2. The topological polar surface area (TPSA) is 78.6 Å². The zero-order chi connectivity index (χ0) is 22.0. The third-order valence-corrected chi connectivity index (χ3v) is 5.71. The average molecular weight is 422 g/mol. The van der Waals surface area contributed by atoms with E-state index in [0.717, 1.165) is 11.4 Å². The van der Waals surface area contributed by atoms with Crippen molar-refractivity contribution in [3.8, 4) is 11.5 Å². The lowest BCUT2D eigenvalue weighted by Gasteiger charge is -2.28. The van der Waals surface area contributed by atoms with Crippen LogP contribution in [0.15, 0.2) is 47.7 Å². The lowest BCUT2D eigenvalue weighted by atomic mass is 10.1. The molecule has 0 N–H and O–H groups in total. The maximum atomic E-state index is 13.2. The van der Waals surface area contributed by atoms with Crippen LogP contribution in [0.4, 0.5) is 0 Å². The highest BCUT2D eigenvalue weighted by Gasteiger charge is 2.26. The highest BCUT2D eigenvalue weighted by molar-refractivity contribution is 5.95. The van der Waals surface area contributed by atoms with Crippen LogP contribution in [0.25, 0.3) is 0 Å². The van der Waals surface area contributed by atoms with Crippen LogP contribution in [0.3, 0.4) is 0 Å². The Hall–Kier alpha value is -3.55. The van der Waals surface area contributed by atoms with E-state index in [2.05, 4.69) is 4.98 Å². The third kappa shape index (κ3) is 4.05. The van der Waals surface area contributed by atoms with Gasteiger partial charge in [0.1, 0.15) is 11.4 Å². The number of carbonyl (C=O) groups excluding carboxylic acids is 1. The fourth-order valence-corrected chi connectivity index (χ4v) is 3.89. The first-order valence-corrected chi connectivity index (χ1v) is 10.2. The molecule has 1 amide bonds. The summed E-state index contributed by atoms with van der Waals surface area (Å²) in [6, 6.07) is 7.53. The van der Waals surface area contributed by atoms with Gasteiger partial charge in [0.15, 0.2) is 11.5 Å². The predicted molar refractivity (Wildman–Crippen MR) is 116 cm³/mol. The van der Waals surface area contributed by atoms with Crippen LogP contribution < -0.4 is 15.0 Å². The molecule has 3 aromatic rings. The second-order valence-corrected chi connectivity index (χ2v) is 7.58. The van der Waals surface area contributed by atoms with Gasteiger partial charge in [-0.25, -0.2) is 4.98 Å². The van der Waals surface area contributed by atoms with E-state index < -0.39 is 0 Å². The standard InChI is InChI=1S/C23H26N4O4/c1-16-6-9-26(10-7-17-4-5-18(30-2)19(14-17)31-3)22(28)21(16)23(29)27-13-12-25-11-8-24-20(25)15-27/h4-6,8-9,11,14H,7,10,12-13,15H2,1-3H3. The molecule has 0 saturated carbocycles. The van der Waals surface area contributed by atoms with E-state index in [9.17, 15) is 9.59 Å². The first-order chi connectivity index (χ1) is 15.0. The highest BCUT2D eigenvalue weighted by Crippen LogP contribution is 2.27. The second-order valence-electron chi connectivity index (χ2n) is 7.58. The van der Waals surface area contributed by atoms with Gasteiger partial charge >= 0.3 is 0 Å². The zero-order valence-electron chi connectivity index (χ0n) is 18.0. The summed E-state index contributed by atoms with van der Waals surface area (Å²) in [5.74, 6) is 1.91. The number of rotatable bonds is 6. The van der Waals surface area contributed by atoms with E-state index >= 15 is 0 Å². The van der Waals surface area contributed by atoms with Crippen molar-refractivity contribution < 1.29 is 14.3 Å². The molecule has 0 radical (unpaired) electrons. The van der Waals surface area contributed by atoms with Crippen molar-refractivity contribution in [3.05, 3.63) is 75.7 Å². The SMILES string of the molecule is COc1ccc(CCn2ccc(C)c(C(=O)N3CCn4ccnc4C3)c2=O)cc1OC. The number of fused-ring (bicyclic) bond motifs is 1. The number of hydrogen-bond donors (Lipinski definition) is 0. The molecule has 8 heteroatoms. The maximum absolute atomic E-state index is 13.2. The summed E-state index contributed by atoms with van der Waals surface area (Å²) in [5, 5.41) is 0. The smallest absolute Gasteiger partial charge is 0.263 e. The van der Waals surface area contributed by atoms with Gasteiger partial charge in [-0.05, 0) is 42.7 Å². The van der Waals surface area contributed by atoms with E-state index in [1.807, 2.05) is 35.0 Å². The number of nitrogens with zero attached hydrogens (tertiary/aromatic N) is 4. The molecule has 0 fully saturated rings. The molecule has 31 heavy (non-hydrogen) atoms. The van der Waals surface area contributed by atoms with Crippen molar-refractivity contribution in [3.63, 3.8) is 0 Å². The first kappa shape index (κ1) is 20.7. The van der Waals surface area contributed by atoms with Gasteiger partial charge < -0.3 is 23.5 Å². The van der Waals surface area contributed by atoms with Crippen LogP contribution in [0.1, 0.15) is 27.3 Å². The summed E-state index contributed by atoms with van der Waals surface area (Å²) >= 11 is 0. The molecule has 1 aliphatic rings. The number of carbonyl (C=O) groups is 1. The normalized spacial score (nSPS) is 13.1. The van der Waals surface area contributed by atoms with Crippen LogP contribution in [0.2, 0.25) is 0 Å². The maximum Gasteiger partial charge on any atom is 0.263 e. The van der Waals surface area contributed by atoms with Gasteiger partial charge in [-0.1, -0.05) is 6.07 Å². The van der Waals surface area contributed by atoms with E-state index in [1.165, 1.54) is 0 Å². The van der Waals surface area contributed by atoms with Crippen LogP contribution in [0, 0.1) is 6.92 Å². The molecular weight excluding hydrogens is 396 g/mol. The second kappa shape index (κ2) is 8.67. The molecule has 1 aromatic carbocycles. The minimum atomic E-state index is -0.264. The van der Waals surface area contributed by atoms with Gasteiger partial charge in [0.2, 0.25) is 0 Å². The molecule has 0 saturated heterocycles. The summed E-state index contributed by atoms with van der Waals surface area (Å²) < 4.78 is 14.3. The van der Waals surface area contributed by atoms with Gasteiger partial charge in [-0.3, -0.25) is 9.59 Å². The monoisotopic (exact) mass is 422 g/mol. The Morgan fingerprint density at radius 2 is 1.90 bits per heavy atom. The average Bonchev–Trinajstić information content (AvgIpc) is 3.26. The molecule has 0 spiro atoms. The van der Waals surface area contributed by atoms with E-state index in [0.29, 0.717) is 49.7 Å². The summed E-state index contributed by atoms with van der Waals surface area (Å²) in [6.45, 7) is 3.91. The van der Waals surface area contributed by atoms with Crippen LogP contribution >= 0.6 is 0 Å². The van der Waals surface area contributed by atoms with E-state index in [1.54, 1.807) is 43.0 Å². The Bertz CT molecular complexity index is 1160. The van der Waals surface area contributed by atoms with Crippen LogP contribution in [0.5, 0.6) is 11.5 Å². The summed E-state index contributed by atoms with van der Waals surface area (Å²) in [5.41, 5.74) is 1.67. The minimum Gasteiger partial charge on any atom is -0.493 e. The lowest BCUT2D eigenvalue weighted by Crippen LogP contribution is -2.41. The molecule has 0 unspecified atom stereocenters. The van der Waals surface area contributed by atoms with Gasteiger partial charge in [0.25, 0.3) is 11.5 Å². The molecule has 1 aliphatic heterocycles. The predicted octanol–water partition coefficient (Wildman–Crippen LogP) is 2.27. The molecule has 4 rings (SSSR count). The first-order valence-electron chi connectivity index (χ1n) is 10.2. The number of aromatic nitrogens is 3. The van der Waals surface area contributed by atoms with E-state index in [-0.39, 0.29) is 17.0 Å². The molecular formula is C23H26N4O4. The number of benzene rings is 1. The number of hydrogen-bond acceptors (Lipinski definition) is 5. The minimum absolute atomic E-state index is 0.231. The number of aryl methyl sites for hydroxylation is 3.